The molecule has 1 aromatic heterocycles. The molecule has 0 spiro atoms. The maximum atomic E-state index is 14.1. The number of methoxy groups -OCH3 is 1. The molecule has 4 rings (SSSR count). The van der Waals surface area contributed by atoms with Crippen LogP contribution in [0.15, 0.2) is 46.9 Å². The third kappa shape index (κ3) is 5.02. The second-order valence-electron chi connectivity index (χ2n) is 7.55. The van der Waals surface area contributed by atoms with Crippen molar-refractivity contribution in [1.82, 2.24) is 10.3 Å². The fraction of sp³-hybridized carbons (Fsp3) is 0.292. The number of halogens is 1. The van der Waals surface area contributed by atoms with E-state index in [1.807, 2.05) is 11.4 Å². The number of ether oxygens (including phenoxy) is 2. The lowest BCUT2D eigenvalue weighted by molar-refractivity contribution is -0.130. The quantitative estimate of drug-likeness (QED) is 0.511. The monoisotopic (exact) mass is 485 g/mol. The number of rotatable bonds is 8. The minimum Gasteiger partial charge on any atom is -0.493 e. The lowest BCUT2D eigenvalue weighted by Gasteiger charge is -2.23. The van der Waals surface area contributed by atoms with E-state index in [0.29, 0.717) is 34.7 Å². The van der Waals surface area contributed by atoms with Gasteiger partial charge in [0.05, 0.1) is 30.7 Å². The predicted octanol–water partition coefficient (Wildman–Crippen LogP) is 3.18. The number of thiophene rings is 1. The van der Waals surface area contributed by atoms with Gasteiger partial charge in [-0.1, -0.05) is 12.1 Å². The Morgan fingerprint density at radius 2 is 2.12 bits per heavy atom. The van der Waals surface area contributed by atoms with Gasteiger partial charge in [0.2, 0.25) is 0 Å². The highest BCUT2D eigenvalue weighted by Crippen LogP contribution is 2.31. The van der Waals surface area contributed by atoms with Gasteiger partial charge in [-0.3, -0.25) is 9.59 Å². The molecule has 0 radical (unpaired) electrons. The van der Waals surface area contributed by atoms with Crippen molar-refractivity contribution in [2.24, 2.45) is 5.10 Å². The highest BCUT2D eigenvalue weighted by molar-refractivity contribution is 7.17. The smallest absolute Gasteiger partial charge is 0.262 e. The molecule has 0 saturated carbocycles. The average Bonchev–Trinajstić information content (AvgIpc) is 3.31. The Morgan fingerprint density at radius 3 is 2.91 bits per heavy atom. The van der Waals surface area contributed by atoms with Crippen molar-refractivity contribution in [2.45, 2.75) is 12.8 Å². The molecule has 2 aromatic carbocycles. The molecule has 2 heterocycles. The minimum atomic E-state index is -0.444. The van der Waals surface area contributed by atoms with E-state index in [9.17, 15) is 14.0 Å². The fourth-order valence-corrected chi connectivity index (χ4v) is 4.67. The summed E-state index contributed by atoms with van der Waals surface area (Å²) in [6, 6.07) is 9.56. The molecule has 8 nitrogen and oxygen atoms in total. The van der Waals surface area contributed by atoms with E-state index in [1.54, 1.807) is 18.2 Å². The van der Waals surface area contributed by atoms with Crippen LogP contribution in [0.4, 0.5) is 4.39 Å². The highest BCUT2D eigenvalue weighted by atomic mass is 32.1. The van der Waals surface area contributed by atoms with Crippen molar-refractivity contribution in [1.29, 1.82) is 0 Å². The van der Waals surface area contributed by atoms with Gasteiger partial charge in [-0.05, 0) is 37.1 Å². The van der Waals surface area contributed by atoms with Crippen LogP contribution in [0.3, 0.4) is 0 Å². The largest absolute Gasteiger partial charge is 0.493 e. The summed E-state index contributed by atoms with van der Waals surface area (Å²) in [5.41, 5.74) is 1.86. The molecule has 1 aliphatic rings. The van der Waals surface area contributed by atoms with Crippen LogP contribution >= 0.6 is 11.3 Å². The third-order valence-corrected chi connectivity index (χ3v) is 6.35. The van der Waals surface area contributed by atoms with Crippen molar-refractivity contribution < 1.29 is 28.6 Å². The summed E-state index contributed by atoms with van der Waals surface area (Å²) in [5.74, 6) is -0.310. The summed E-state index contributed by atoms with van der Waals surface area (Å²) in [4.78, 5) is 25.3. The first-order valence-corrected chi connectivity index (χ1v) is 11.6. The van der Waals surface area contributed by atoms with Crippen LogP contribution < -0.4 is 14.8 Å². The molecule has 0 saturated heterocycles. The zero-order chi connectivity index (χ0) is 24.1. The fourth-order valence-electron chi connectivity index (χ4n) is 3.69. The molecule has 0 atom stereocenters. The molecule has 0 bridgehead atoms. The molecule has 1 aliphatic heterocycles. The maximum Gasteiger partial charge on any atom is 0.262 e. The molecule has 0 aliphatic carbocycles. The minimum absolute atomic E-state index is 0.102. The van der Waals surface area contributed by atoms with Crippen LogP contribution in [0.1, 0.15) is 28.8 Å². The van der Waals surface area contributed by atoms with Crippen LogP contribution in [-0.4, -0.2) is 61.1 Å². The molecule has 0 unspecified atom stereocenters. The van der Waals surface area contributed by atoms with Gasteiger partial charge >= 0.3 is 0 Å². The van der Waals surface area contributed by atoms with E-state index >= 15 is 0 Å². The number of carbonyl (C=O) groups is 2. The number of nitrogens with one attached hydrogen (secondary N) is 1. The number of carbonyl (C=O) groups excluding carboxylic acids is 2. The zero-order valence-electron chi connectivity index (χ0n) is 18.5. The Bertz CT molecular complexity index is 1240. The first kappa shape index (κ1) is 23.7. The molecule has 2 amide bonds. The summed E-state index contributed by atoms with van der Waals surface area (Å²) in [6.45, 7) is 0.178. The number of hydrogen-bond donors (Lipinski definition) is 2. The molecule has 34 heavy (non-hydrogen) atoms. The van der Waals surface area contributed by atoms with Gasteiger partial charge in [-0.15, -0.1) is 11.3 Å². The van der Waals surface area contributed by atoms with Crippen LogP contribution in [0.5, 0.6) is 11.5 Å². The van der Waals surface area contributed by atoms with Gasteiger partial charge < -0.3 is 19.9 Å². The lowest BCUT2D eigenvalue weighted by Crippen LogP contribution is -2.40. The van der Waals surface area contributed by atoms with Crippen molar-refractivity contribution in [2.75, 3.05) is 33.4 Å². The van der Waals surface area contributed by atoms with Crippen LogP contribution in [0.25, 0.3) is 10.1 Å². The predicted molar refractivity (Wildman–Crippen MR) is 127 cm³/mol. The SMILES string of the molecule is COc1cc(C(=O)NCC(=O)N2CCCC(c3csc4c(F)cccc34)=N2)ccc1OCCO. The van der Waals surface area contributed by atoms with Gasteiger partial charge in [0.25, 0.3) is 11.8 Å². The summed E-state index contributed by atoms with van der Waals surface area (Å²) in [5, 5.41) is 20.0. The molecule has 2 N–H and O–H groups in total. The number of nitrogens with zero attached hydrogens (tertiary/aromatic N) is 2. The van der Waals surface area contributed by atoms with Crippen molar-refractivity contribution in [3.05, 3.63) is 58.7 Å². The maximum absolute atomic E-state index is 14.1. The first-order chi connectivity index (χ1) is 16.5. The van der Waals surface area contributed by atoms with Gasteiger partial charge in [0, 0.05) is 28.4 Å². The summed E-state index contributed by atoms with van der Waals surface area (Å²) >= 11 is 1.32. The first-order valence-electron chi connectivity index (χ1n) is 10.8. The van der Waals surface area contributed by atoms with Gasteiger partial charge in [-0.2, -0.15) is 5.10 Å². The van der Waals surface area contributed by atoms with Crippen LogP contribution in [-0.2, 0) is 4.79 Å². The van der Waals surface area contributed by atoms with Crippen molar-refractivity contribution >= 4 is 38.9 Å². The Morgan fingerprint density at radius 1 is 1.26 bits per heavy atom. The van der Waals surface area contributed by atoms with Gasteiger partial charge in [0.1, 0.15) is 12.4 Å². The molecule has 178 valence electrons. The van der Waals surface area contributed by atoms with Gasteiger partial charge in [0.15, 0.2) is 11.5 Å². The topological polar surface area (TPSA) is 100 Å². The van der Waals surface area contributed by atoms with Gasteiger partial charge in [-0.25, -0.2) is 9.40 Å². The number of benzene rings is 2. The number of fused-ring (bicyclic) bond motifs is 1. The normalized spacial score (nSPS) is 13.5. The van der Waals surface area contributed by atoms with E-state index < -0.39 is 5.91 Å². The van der Waals surface area contributed by atoms with Crippen LogP contribution in [0.2, 0.25) is 0 Å². The van der Waals surface area contributed by atoms with Crippen molar-refractivity contribution in [3.63, 3.8) is 0 Å². The highest BCUT2D eigenvalue weighted by Gasteiger charge is 2.22. The standard InChI is InChI=1S/C24H24FN3O5S/c1-32-21-12-15(7-8-20(21)33-11-10-29)24(31)26-13-22(30)28-9-3-6-19(27-28)17-14-34-23-16(17)4-2-5-18(23)25/h2,4-5,7-8,12,14,29H,3,6,9-11,13H2,1H3,(H,26,31). The second-order valence-corrected chi connectivity index (χ2v) is 8.43. The lowest BCUT2D eigenvalue weighted by atomic mass is 10.0. The molecule has 3 aromatic rings. The molecular weight excluding hydrogens is 461 g/mol. The number of aliphatic hydroxyl groups excluding tert-OH is 1. The van der Waals surface area contributed by atoms with E-state index in [1.165, 1.54) is 35.6 Å². The Kier molecular flexibility index (Phi) is 7.39. The molecular formula is C24H24FN3O5S. The third-order valence-electron chi connectivity index (χ3n) is 5.35. The van der Waals surface area contributed by atoms with E-state index in [2.05, 4.69) is 10.4 Å². The number of aliphatic hydroxyl groups is 1. The van der Waals surface area contributed by atoms with E-state index in [-0.39, 0.29) is 31.5 Å². The summed E-state index contributed by atoms with van der Waals surface area (Å²) in [6.07, 6.45) is 1.40. The Labute approximate surface area is 199 Å². The summed E-state index contributed by atoms with van der Waals surface area (Å²) in [7, 11) is 1.45. The number of hydrogen-bond acceptors (Lipinski definition) is 7. The number of amides is 2. The Balaban J connectivity index is 1.42. The zero-order valence-corrected chi connectivity index (χ0v) is 19.4. The number of hydrazone groups is 1. The second kappa shape index (κ2) is 10.6. The van der Waals surface area contributed by atoms with Crippen LogP contribution in [0, 0.1) is 5.82 Å². The van der Waals surface area contributed by atoms with E-state index in [4.69, 9.17) is 14.6 Å². The molecule has 0 fully saturated rings. The molecule has 10 heteroatoms. The average molecular weight is 486 g/mol. The van der Waals surface area contributed by atoms with E-state index in [0.717, 1.165) is 23.1 Å². The Hall–Kier alpha value is -3.50. The summed E-state index contributed by atoms with van der Waals surface area (Å²) < 4.78 is 25.2. The van der Waals surface area contributed by atoms with Crippen molar-refractivity contribution in [3.8, 4) is 11.5 Å².